The van der Waals surface area contributed by atoms with Crippen LogP contribution in [-0.2, 0) is 6.54 Å². The van der Waals surface area contributed by atoms with Crippen molar-refractivity contribution in [2.24, 2.45) is 5.73 Å². The third-order valence-corrected chi connectivity index (χ3v) is 2.39. The molecule has 0 saturated heterocycles. The molecule has 0 bridgehead atoms. The van der Waals surface area contributed by atoms with E-state index in [1.165, 1.54) is 17.0 Å². The molecule has 0 saturated carbocycles. The molecule has 4 nitrogen and oxygen atoms in total. The molecule has 0 aliphatic rings. The van der Waals surface area contributed by atoms with Gasteiger partial charge in [0.1, 0.15) is 5.82 Å². The van der Waals surface area contributed by atoms with Gasteiger partial charge in [0.2, 0.25) is 0 Å². The summed E-state index contributed by atoms with van der Waals surface area (Å²) >= 11 is 0. The van der Waals surface area contributed by atoms with E-state index < -0.39 is 5.82 Å². The van der Waals surface area contributed by atoms with Crippen LogP contribution in [0.1, 0.15) is 12.5 Å². The average Bonchev–Trinajstić information content (AvgIpc) is 2.28. The Morgan fingerprint density at radius 3 is 2.81 bits per heavy atom. The molecule has 0 heterocycles. The van der Waals surface area contributed by atoms with E-state index in [0.29, 0.717) is 17.8 Å². The number of carbonyl (C=O) groups excluding carboxylic acids is 1. The molecule has 0 spiro atoms. The number of hydrogen-bond acceptors (Lipinski definition) is 2. The van der Waals surface area contributed by atoms with E-state index in [0.717, 1.165) is 0 Å². The van der Waals surface area contributed by atoms with Gasteiger partial charge in [0.05, 0.1) is 0 Å². The van der Waals surface area contributed by atoms with Crippen LogP contribution < -0.4 is 11.1 Å². The molecular formula is C11H16FN3O. The zero-order valence-corrected chi connectivity index (χ0v) is 9.46. The van der Waals surface area contributed by atoms with E-state index in [2.05, 4.69) is 5.32 Å². The van der Waals surface area contributed by atoms with Gasteiger partial charge in [-0.15, -0.1) is 0 Å². The molecule has 0 aromatic heterocycles. The first-order valence-corrected chi connectivity index (χ1v) is 5.09. The van der Waals surface area contributed by atoms with Gasteiger partial charge in [-0.1, -0.05) is 6.07 Å². The minimum Gasteiger partial charge on any atom is -0.328 e. The van der Waals surface area contributed by atoms with E-state index in [4.69, 9.17) is 5.73 Å². The van der Waals surface area contributed by atoms with Gasteiger partial charge in [0.15, 0.2) is 0 Å². The summed E-state index contributed by atoms with van der Waals surface area (Å²) in [6, 6.07) is 4.22. The highest BCUT2D eigenvalue weighted by molar-refractivity contribution is 5.90. The van der Waals surface area contributed by atoms with Crippen LogP contribution in [0.3, 0.4) is 0 Å². The fourth-order valence-electron chi connectivity index (χ4n) is 1.24. The second-order valence-electron chi connectivity index (χ2n) is 3.41. The van der Waals surface area contributed by atoms with Crippen LogP contribution >= 0.6 is 0 Å². The van der Waals surface area contributed by atoms with E-state index in [-0.39, 0.29) is 12.6 Å². The summed E-state index contributed by atoms with van der Waals surface area (Å²) in [4.78, 5) is 13.1. The normalized spacial score (nSPS) is 10.0. The molecule has 0 unspecified atom stereocenters. The monoisotopic (exact) mass is 225 g/mol. The summed E-state index contributed by atoms with van der Waals surface area (Å²) < 4.78 is 13.3. The largest absolute Gasteiger partial charge is 0.328 e. The first-order chi connectivity index (χ1) is 7.60. The molecule has 1 aromatic rings. The SMILES string of the molecule is CCN(C)C(=O)Nc1cccc(F)c1CN. The molecule has 3 N–H and O–H groups in total. The van der Waals surface area contributed by atoms with Gasteiger partial charge < -0.3 is 16.0 Å². The van der Waals surface area contributed by atoms with Gasteiger partial charge in [0, 0.05) is 31.4 Å². The Bertz CT molecular complexity index is 381. The number of rotatable bonds is 3. The number of anilines is 1. The second kappa shape index (κ2) is 5.46. The number of benzene rings is 1. The molecule has 0 radical (unpaired) electrons. The van der Waals surface area contributed by atoms with Crippen molar-refractivity contribution in [3.63, 3.8) is 0 Å². The van der Waals surface area contributed by atoms with E-state index in [1.54, 1.807) is 13.1 Å². The summed E-state index contributed by atoms with van der Waals surface area (Å²) in [5.74, 6) is -0.403. The Kier molecular flexibility index (Phi) is 4.25. The smallest absolute Gasteiger partial charge is 0.321 e. The Balaban J connectivity index is 2.89. The summed E-state index contributed by atoms with van der Waals surface area (Å²) in [7, 11) is 1.66. The van der Waals surface area contributed by atoms with Crippen LogP contribution in [0, 0.1) is 5.82 Å². The van der Waals surface area contributed by atoms with E-state index in [1.807, 2.05) is 6.92 Å². The summed E-state index contributed by atoms with van der Waals surface area (Å²) in [6.07, 6.45) is 0. The highest BCUT2D eigenvalue weighted by Crippen LogP contribution is 2.18. The first kappa shape index (κ1) is 12.4. The Morgan fingerprint density at radius 2 is 2.25 bits per heavy atom. The van der Waals surface area contributed by atoms with Gasteiger partial charge in [-0.3, -0.25) is 0 Å². The molecule has 1 rings (SSSR count). The van der Waals surface area contributed by atoms with Gasteiger partial charge in [0.25, 0.3) is 0 Å². The summed E-state index contributed by atoms with van der Waals surface area (Å²) in [5, 5.41) is 2.62. The number of nitrogens with one attached hydrogen (secondary N) is 1. The topological polar surface area (TPSA) is 58.4 Å². The van der Waals surface area contributed by atoms with Crippen molar-refractivity contribution in [2.45, 2.75) is 13.5 Å². The van der Waals surface area contributed by atoms with Crippen LogP contribution in [0.4, 0.5) is 14.9 Å². The van der Waals surface area contributed by atoms with Crippen molar-refractivity contribution < 1.29 is 9.18 Å². The third-order valence-electron chi connectivity index (χ3n) is 2.39. The van der Waals surface area contributed by atoms with E-state index >= 15 is 0 Å². The van der Waals surface area contributed by atoms with Gasteiger partial charge in [-0.25, -0.2) is 9.18 Å². The quantitative estimate of drug-likeness (QED) is 0.823. The lowest BCUT2D eigenvalue weighted by Gasteiger charge is -2.17. The highest BCUT2D eigenvalue weighted by Gasteiger charge is 2.11. The predicted octanol–water partition coefficient (Wildman–Crippen LogP) is 1.77. The lowest BCUT2D eigenvalue weighted by Crippen LogP contribution is -2.31. The molecule has 5 heteroatoms. The standard InChI is InChI=1S/C11H16FN3O/c1-3-15(2)11(16)14-10-6-4-5-9(12)8(10)7-13/h4-6H,3,7,13H2,1-2H3,(H,14,16). The van der Waals surface area contributed by atoms with Gasteiger partial charge >= 0.3 is 6.03 Å². The van der Waals surface area contributed by atoms with Gasteiger partial charge in [-0.05, 0) is 19.1 Å². The van der Waals surface area contributed by atoms with Crippen molar-refractivity contribution in [3.05, 3.63) is 29.6 Å². The number of halogens is 1. The molecule has 0 atom stereocenters. The van der Waals surface area contributed by atoms with Crippen molar-refractivity contribution in [2.75, 3.05) is 18.9 Å². The number of nitrogens with two attached hydrogens (primary N) is 1. The third kappa shape index (κ3) is 2.70. The minimum atomic E-state index is -0.403. The fraction of sp³-hybridized carbons (Fsp3) is 0.364. The Labute approximate surface area is 94.2 Å². The molecule has 16 heavy (non-hydrogen) atoms. The average molecular weight is 225 g/mol. The fourth-order valence-corrected chi connectivity index (χ4v) is 1.24. The Hall–Kier alpha value is -1.62. The Morgan fingerprint density at radius 1 is 1.56 bits per heavy atom. The van der Waals surface area contributed by atoms with Crippen molar-refractivity contribution in [3.8, 4) is 0 Å². The molecular weight excluding hydrogens is 209 g/mol. The highest BCUT2D eigenvalue weighted by atomic mass is 19.1. The van der Waals surface area contributed by atoms with Crippen LogP contribution in [-0.4, -0.2) is 24.5 Å². The number of carbonyl (C=O) groups is 1. The maximum atomic E-state index is 13.3. The van der Waals surface area contributed by atoms with Crippen LogP contribution in [0.15, 0.2) is 18.2 Å². The molecule has 0 aliphatic heterocycles. The lowest BCUT2D eigenvalue weighted by molar-refractivity contribution is 0.224. The second-order valence-corrected chi connectivity index (χ2v) is 3.41. The maximum absolute atomic E-state index is 13.3. The summed E-state index contributed by atoms with van der Waals surface area (Å²) in [6.45, 7) is 2.49. The van der Waals surface area contributed by atoms with Crippen molar-refractivity contribution >= 4 is 11.7 Å². The first-order valence-electron chi connectivity index (χ1n) is 5.09. The van der Waals surface area contributed by atoms with E-state index in [9.17, 15) is 9.18 Å². The van der Waals surface area contributed by atoms with Crippen LogP contribution in [0.5, 0.6) is 0 Å². The number of urea groups is 1. The molecule has 2 amide bonds. The maximum Gasteiger partial charge on any atom is 0.321 e. The number of hydrogen-bond donors (Lipinski definition) is 2. The number of nitrogens with zero attached hydrogens (tertiary/aromatic N) is 1. The number of amides is 2. The predicted molar refractivity (Wildman–Crippen MR) is 61.6 cm³/mol. The molecule has 0 aliphatic carbocycles. The minimum absolute atomic E-state index is 0.0537. The van der Waals surface area contributed by atoms with Crippen molar-refractivity contribution in [1.29, 1.82) is 0 Å². The molecule has 88 valence electrons. The van der Waals surface area contributed by atoms with Crippen LogP contribution in [0.25, 0.3) is 0 Å². The zero-order valence-electron chi connectivity index (χ0n) is 9.46. The van der Waals surface area contributed by atoms with Crippen LogP contribution in [0.2, 0.25) is 0 Å². The lowest BCUT2D eigenvalue weighted by atomic mass is 10.1. The zero-order chi connectivity index (χ0) is 12.1. The van der Waals surface area contributed by atoms with Gasteiger partial charge in [-0.2, -0.15) is 0 Å². The molecule has 1 aromatic carbocycles. The summed E-state index contributed by atoms with van der Waals surface area (Å²) in [5.41, 5.74) is 6.17. The molecule has 0 fully saturated rings. The van der Waals surface area contributed by atoms with Crippen molar-refractivity contribution in [1.82, 2.24) is 4.90 Å².